The number of likely N-dealkylation sites (tertiary alicyclic amines) is 1. The predicted octanol–water partition coefficient (Wildman–Crippen LogP) is 3.78. The molecule has 2 heterocycles. The van der Waals surface area contributed by atoms with Crippen molar-refractivity contribution in [1.29, 1.82) is 0 Å². The van der Waals surface area contributed by atoms with E-state index in [0.29, 0.717) is 35.1 Å². The number of anilines is 1. The second-order valence-electron chi connectivity index (χ2n) is 7.75. The van der Waals surface area contributed by atoms with Gasteiger partial charge < -0.3 is 10.0 Å². The molecule has 1 saturated heterocycles. The van der Waals surface area contributed by atoms with Crippen molar-refractivity contribution in [3.8, 4) is 0 Å². The van der Waals surface area contributed by atoms with Crippen LogP contribution in [-0.4, -0.2) is 41.5 Å². The van der Waals surface area contributed by atoms with E-state index in [-0.39, 0.29) is 18.1 Å². The van der Waals surface area contributed by atoms with E-state index in [1.54, 1.807) is 18.2 Å². The maximum absolute atomic E-state index is 13.5. The van der Waals surface area contributed by atoms with Crippen LogP contribution >= 0.6 is 11.6 Å². The number of piperidine rings is 1. The Morgan fingerprint density at radius 1 is 1.13 bits per heavy atom. The summed E-state index contributed by atoms with van der Waals surface area (Å²) in [7, 11) is 0. The number of halogens is 2. The van der Waals surface area contributed by atoms with Crippen LogP contribution in [-0.2, 0) is 9.59 Å². The molecule has 1 unspecified atom stereocenters. The normalized spacial score (nSPS) is 19.8. The summed E-state index contributed by atoms with van der Waals surface area (Å²) in [6, 6.07) is 10.6. The molecule has 2 aliphatic heterocycles. The van der Waals surface area contributed by atoms with Gasteiger partial charge in [-0.05, 0) is 61.1 Å². The lowest BCUT2D eigenvalue weighted by atomic mass is 9.97. The first-order chi connectivity index (χ1) is 14.4. The molecule has 0 saturated carbocycles. The predicted molar refractivity (Wildman–Crippen MR) is 113 cm³/mol. The van der Waals surface area contributed by atoms with E-state index in [2.05, 4.69) is 0 Å². The third-order valence-corrected chi connectivity index (χ3v) is 6.11. The molecule has 5 nitrogen and oxygen atoms in total. The Bertz CT molecular complexity index is 1040. The monoisotopic (exact) mass is 428 g/mol. The number of aliphatic hydroxyl groups is 1. The van der Waals surface area contributed by atoms with Crippen LogP contribution in [0.3, 0.4) is 0 Å². The standard InChI is InChI=1S/C23H22ClFN2O3/c1-14-4-9-18(11-19(14)24)27-22(29)20(16-5-7-17(25)8-6-16)21(23(27)30)26-10-2-3-15(12-26)13-28/h4-9,11,15,28H,2-3,10,12-13H2,1H3. The van der Waals surface area contributed by atoms with Crippen molar-refractivity contribution in [2.24, 2.45) is 5.92 Å². The first-order valence-corrected chi connectivity index (χ1v) is 10.3. The van der Waals surface area contributed by atoms with Crippen LogP contribution in [0.1, 0.15) is 24.0 Å². The molecule has 2 amide bonds. The Hall–Kier alpha value is -2.70. The number of aryl methyl sites for hydroxylation is 1. The molecule has 1 atom stereocenters. The van der Waals surface area contributed by atoms with Gasteiger partial charge in [-0.15, -0.1) is 0 Å². The lowest BCUT2D eigenvalue weighted by Crippen LogP contribution is -2.40. The maximum atomic E-state index is 13.5. The summed E-state index contributed by atoms with van der Waals surface area (Å²) in [5, 5.41) is 10.1. The van der Waals surface area contributed by atoms with Crippen molar-refractivity contribution in [2.45, 2.75) is 19.8 Å². The highest BCUT2D eigenvalue weighted by Crippen LogP contribution is 2.37. The fraction of sp³-hybridized carbons (Fsp3) is 0.304. The number of carbonyl (C=O) groups excluding carboxylic acids is 2. The summed E-state index contributed by atoms with van der Waals surface area (Å²) < 4.78 is 13.5. The van der Waals surface area contributed by atoms with Crippen molar-refractivity contribution in [3.05, 3.63) is 70.1 Å². The molecule has 0 radical (unpaired) electrons. The highest BCUT2D eigenvalue weighted by atomic mass is 35.5. The second kappa shape index (κ2) is 8.20. The summed E-state index contributed by atoms with van der Waals surface area (Å²) >= 11 is 6.24. The zero-order valence-electron chi connectivity index (χ0n) is 16.6. The molecule has 0 bridgehead atoms. The quantitative estimate of drug-likeness (QED) is 0.753. The maximum Gasteiger partial charge on any atom is 0.282 e. The van der Waals surface area contributed by atoms with Crippen LogP contribution < -0.4 is 4.90 Å². The molecule has 0 spiro atoms. The first-order valence-electron chi connectivity index (χ1n) is 9.91. The number of amides is 2. The minimum Gasteiger partial charge on any atom is -0.396 e. The van der Waals surface area contributed by atoms with Crippen LogP contribution in [0.2, 0.25) is 5.02 Å². The summed E-state index contributed by atoms with van der Waals surface area (Å²) in [6.45, 7) is 2.96. The average Bonchev–Trinajstić information content (AvgIpc) is 3.01. The van der Waals surface area contributed by atoms with Crippen molar-refractivity contribution in [3.63, 3.8) is 0 Å². The smallest absolute Gasteiger partial charge is 0.282 e. The molecule has 2 aliphatic rings. The number of rotatable bonds is 4. The molecule has 4 rings (SSSR count). The first kappa shape index (κ1) is 20.6. The molecule has 1 fully saturated rings. The molecule has 7 heteroatoms. The van der Waals surface area contributed by atoms with E-state index in [1.807, 2.05) is 11.8 Å². The van der Waals surface area contributed by atoms with E-state index in [9.17, 15) is 19.1 Å². The van der Waals surface area contributed by atoms with Crippen molar-refractivity contribution < 1.29 is 19.1 Å². The molecule has 2 aromatic rings. The average molecular weight is 429 g/mol. The van der Waals surface area contributed by atoms with Gasteiger partial charge in [-0.3, -0.25) is 9.59 Å². The zero-order chi connectivity index (χ0) is 21.4. The Balaban J connectivity index is 1.81. The molecule has 2 aromatic carbocycles. The van der Waals surface area contributed by atoms with Gasteiger partial charge in [0.2, 0.25) is 0 Å². The van der Waals surface area contributed by atoms with Crippen molar-refractivity contribution >= 4 is 34.7 Å². The largest absolute Gasteiger partial charge is 0.396 e. The van der Waals surface area contributed by atoms with E-state index in [1.165, 1.54) is 24.3 Å². The minimum atomic E-state index is -0.465. The van der Waals surface area contributed by atoms with Gasteiger partial charge in [-0.2, -0.15) is 0 Å². The second-order valence-corrected chi connectivity index (χ2v) is 8.15. The molecule has 0 aromatic heterocycles. The van der Waals surface area contributed by atoms with Gasteiger partial charge in [0.1, 0.15) is 11.5 Å². The minimum absolute atomic E-state index is 0.0229. The number of hydrogen-bond acceptors (Lipinski definition) is 4. The highest BCUT2D eigenvalue weighted by Gasteiger charge is 2.43. The molecule has 156 valence electrons. The summed E-state index contributed by atoms with van der Waals surface area (Å²) in [4.78, 5) is 29.9. The van der Waals surface area contributed by atoms with Crippen LogP contribution in [0.5, 0.6) is 0 Å². The van der Waals surface area contributed by atoms with Crippen molar-refractivity contribution in [2.75, 3.05) is 24.6 Å². The van der Waals surface area contributed by atoms with Crippen molar-refractivity contribution in [1.82, 2.24) is 4.90 Å². The zero-order valence-corrected chi connectivity index (χ0v) is 17.3. The summed E-state index contributed by atoms with van der Waals surface area (Å²) in [6.07, 6.45) is 1.68. The topological polar surface area (TPSA) is 60.9 Å². The van der Waals surface area contributed by atoms with E-state index < -0.39 is 17.6 Å². The fourth-order valence-electron chi connectivity index (χ4n) is 4.06. The Labute approximate surface area is 179 Å². The lowest BCUT2D eigenvalue weighted by molar-refractivity contribution is -0.120. The van der Waals surface area contributed by atoms with E-state index in [4.69, 9.17) is 11.6 Å². The lowest BCUT2D eigenvalue weighted by Gasteiger charge is -2.34. The third kappa shape index (κ3) is 3.61. The number of nitrogens with zero attached hydrogens (tertiary/aromatic N) is 2. The summed E-state index contributed by atoms with van der Waals surface area (Å²) in [5.74, 6) is -1.28. The number of imide groups is 1. The molecule has 30 heavy (non-hydrogen) atoms. The van der Waals surface area contributed by atoms with Crippen LogP contribution in [0, 0.1) is 18.7 Å². The highest BCUT2D eigenvalue weighted by molar-refractivity contribution is 6.45. The van der Waals surface area contributed by atoms with E-state index >= 15 is 0 Å². The molecule has 1 N–H and O–H groups in total. The Morgan fingerprint density at radius 3 is 2.53 bits per heavy atom. The third-order valence-electron chi connectivity index (χ3n) is 5.70. The number of hydrogen-bond donors (Lipinski definition) is 1. The number of benzene rings is 2. The van der Waals surface area contributed by atoms with E-state index in [0.717, 1.165) is 23.3 Å². The van der Waals surface area contributed by atoms with Gasteiger partial charge in [0.25, 0.3) is 11.8 Å². The number of carbonyl (C=O) groups is 2. The Kier molecular flexibility index (Phi) is 5.62. The SMILES string of the molecule is Cc1ccc(N2C(=O)C(c3ccc(F)cc3)=C(N3CCCC(CO)C3)C2=O)cc1Cl. The van der Waals surface area contributed by atoms with Crippen LogP contribution in [0.4, 0.5) is 10.1 Å². The van der Waals surface area contributed by atoms with Gasteiger partial charge in [0.05, 0.1) is 11.3 Å². The van der Waals surface area contributed by atoms with Gasteiger partial charge in [-0.25, -0.2) is 9.29 Å². The van der Waals surface area contributed by atoms with Gasteiger partial charge >= 0.3 is 0 Å². The van der Waals surface area contributed by atoms with Gasteiger partial charge in [-0.1, -0.05) is 29.8 Å². The molecular formula is C23H22ClFN2O3. The molecule has 0 aliphatic carbocycles. The van der Waals surface area contributed by atoms with Gasteiger partial charge in [0, 0.05) is 24.7 Å². The van der Waals surface area contributed by atoms with Crippen LogP contribution in [0.15, 0.2) is 48.2 Å². The van der Waals surface area contributed by atoms with Crippen LogP contribution in [0.25, 0.3) is 5.57 Å². The van der Waals surface area contributed by atoms with Gasteiger partial charge in [0.15, 0.2) is 0 Å². The number of aliphatic hydroxyl groups excluding tert-OH is 1. The molecular weight excluding hydrogens is 407 g/mol. The fourth-order valence-corrected chi connectivity index (χ4v) is 4.24. The summed E-state index contributed by atoms with van der Waals surface area (Å²) in [5.41, 5.74) is 2.26. The Morgan fingerprint density at radius 2 is 1.87 bits per heavy atom.